The molecule has 0 spiro atoms. The van der Waals surface area contributed by atoms with E-state index in [1.54, 1.807) is 5.70 Å². The molecule has 0 aromatic carbocycles. The molecule has 0 amide bonds. The van der Waals surface area contributed by atoms with Crippen molar-refractivity contribution in [1.29, 1.82) is 0 Å². The van der Waals surface area contributed by atoms with Crippen molar-refractivity contribution in [1.82, 2.24) is 4.90 Å². The molecule has 2 aliphatic heterocycles. The van der Waals surface area contributed by atoms with Crippen molar-refractivity contribution in [3.8, 4) is 0 Å². The monoisotopic (exact) mass is 219 g/mol. The first-order valence-electron chi connectivity index (χ1n) is 7.42. The third-order valence-electron chi connectivity index (χ3n) is 4.79. The maximum Gasteiger partial charge on any atom is 0.0325 e. The van der Waals surface area contributed by atoms with Gasteiger partial charge in [0.25, 0.3) is 0 Å². The molecule has 0 aromatic rings. The molecule has 1 saturated carbocycles. The standard InChI is InChI=1S/C15H25N/c1-2-4-7-13(8-5-3-1)16-14-9-6-10-15(16)12-11-14/h11,13,15H,1-10,12H2/t15-/m1/s1. The van der Waals surface area contributed by atoms with Gasteiger partial charge < -0.3 is 4.90 Å². The third kappa shape index (κ3) is 2.01. The van der Waals surface area contributed by atoms with E-state index in [9.17, 15) is 0 Å². The molecule has 90 valence electrons. The average molecular weight is 219 g/mol. The SMILES string of the molecule is C1=C2CCC[C@H](C1)N2C1CCCCCCC1. The van der Waals surface area contributed by atoms with E-state index in [0.717, 1.165) is 12.1 Å². The molecule has 1 nitrogen and oxygen atoms in total. The largest absolute Gasteiger partial charge is 0.369 e. The van der Waals surface area contributed by atoms with Crippen LogP contribution in [-0.4, -0.2) is 17.0 Å². The van der Waals surface area contributed by atoms with Crippen LogP contribution in [0.4, 0.5) is 0 Å². The highest BCUT2D eigenvalue weighted by molar-refractivity contribution is 5.16. The van der Waals surface area contributed by atoms with Crippen molar-refractivity contribution in [3.63, 3.8) is 0 Å². The van der Waals surface area contributed by atoms with Crippen molar-refractivity contribution in [2.45, 2.75) is 82.7 Å². The van der Waals surface area contributed by atoms with Gasteiger partial charge in [-0.1, -0.05) is 38.2 Å². The Balaban J connectivity index is 1.68. The van der Waals surface area contributed by atoms with Crippen LogP contribution in [0, 0.1) is 0 Å². The van der Waals surface area contributed by atoms with Crippen LogP contribution in [0.15, 0.2) is 11.8 Å². The van der Waals surface area contributed by atoms with E-state index in [1.807, 2.05) is 0 Å². The second-order valence-electron chi connectivity index (χ2n) is 5.88. The number of hydrogen-bond donors (Lipinski definition) is 0. The quantitative estimate of drug-likeness (QED) is 0.637. The summed E-state index contributed by atoms with van der Waals surface area (Å²) in [5.41, 5.74) is 1.71. The van der Waals surface area contributed by atoms with Gasteiger partial charge in [-0.3, -0.25) is 0 Å². The Labute approximate surface area is 99.9 Å². The van der Waals surface area contributed by atoms with Gasteiger partial charge in [-0.05, 0) is 38.5 Å². The second kappa shape index (κ2) is 4.81. The van der Waals surface area contributed by atoms with Gasteiger partial charge in [0.1, 0.15) is 0 Å². The highest BCUT2D eigenvalue weighted by atomic mass is 15.2. The lowest BCUT2D eigenvalue weighted by molar-refractivity contribution is 0.139. The van der Waals surface area contributed by atoms with E-state index in [1.165, 1.54) is 70.6 Å². The molecular formula is C15H25N. The minimum Gasteiger partial charge on any atom is -0.369 e. The molecule has 2 fully saturated rings. The first kappa shape index (κ1) is 10.7. The molecule has 1 saturated heterocycles. The van der Waals surface area contributed by atoms with Gasteiger partial charge in [0.2, 0.25) is 0 Å². The highest BCUT2D eigenvalue weighted by Gasteiger charge is 2.34. The van der Waals surface area contributed by atoms with Crippen LogP contribution in [0.2, 0.25) is 0 Å². The zero-order valence-electron chi connectivity index (χ0n) is 10.5. The van der Waals surface area contributed by atoms with Crippen LogP contribution in [-0.2, 0) is 0 Å². The zero-order valence-corrected chi connectivity index (χ0v) is 10.5. The Bertz CT molecular complexity index is 261. The number of rotatable bonds is 1. The smallest absolute Gasteiger partial charge is 0.0325 e. The summed E-state index contributed by atoms with van der Waals surface area (Å²) in [5.74, 6) is 0. The minimum atomic E-state index is 0.896. The predicted molar refractivity (Wildman–Crippen MR) is 68.3 cm³/mol. The molecule has 0 aromatic heterocycles. The topological polar surface area (TPSA) is 3.24 Å². The summed E-state index contributed by atoms with van der Waals surface area (Å²) in [5, 5.41) is 0. The average Bonchev–Trinajstić information content (AvgIpc) is 2.51. The van der Waals surface area contributed by atoms with Crippen molar-refractivity contribution >= 4 is 0 Å². The van der Waals surface area contributed by atoms with Gasteiger partial charge in [0.05, 0.1) is 0 Å². The molecule has 1 heteroatoms. The van der Waals surface area contributed by atoms with Gasteiger partial charge in [-0.2, -0.15) is 0 Å². The number of fused-ring (bicyclic) bond motifs is 2. The first-order valence-corrected chi connectivity index (χ1v) is 7.42. The Kier molecular flexibility index (Phi) is 3.21. The Morgan fingerprint density at radius 1 is 0.812 bits per heavy atom. The van der Waals surface area contributed by atoms with Gasteiger partial charge in [0.15, 0.2) is 0 Å². The van der Waals surface area contributed by atoms with Crippen LogP contribution in [0.1, 0.15) is 70.6 Å². The van der Waals surface area contributed by atoms with E-state index in [4.69, 9.17) is 0 Å². The van der Waals surface area contributed by atoms with Crippen LogP contribution >= 0.6 is 0 Å². The molecule has 2 heterocycles. The molecule has 3 aliphatic rings. The molecule has 2 bridgehead atoms. The summed E-state index contributed by atoms with van der Waals surface area (Å²) < 4.78 is 0. The van der Waals surface area contributed by atoms with Crippen molar-refractivity contribution < 1.29 is 0 Å². The molecule has 0 radical (unpaired) electrons. The number of piperidine rings is 1. The van der Waals surface area contributed by atoms with Crippen molar-refractivity contribution in [3.05, 3.63) is 11.8 Å². The van der Waals surface area contributed by atoms with E-state index < -0.39 is 0 Å². The fraction of sp³-hybridized carbons (Fsp3) is 0.867. The number of nitrogens with zero attached hydrogens (tertiary/aromatic N) is 1. The molecule has 0 N–H and O–H groups in total. The Morgan fingerprint density at radius 2 is 1.50 bits per heavy atom. The third-order valence-corrected chi connectivity index (χ3v) is 4.79. The Morgan fingerprint density at radius 3 is 2.25 bits per heavy atom. The summed E-state index contributed by atoms with van der Waals surface area (Å²) in [6, 6.07) is 1.80. The highest BCUT2D eigenvalue weighted by Crippen LogP contribution is 2.38. The zero-order chi connectivity index (χ0) is 10.8. The molecule has 0 unspecified atom stereocenters. The lowest BCUT2D eigenvalue weighted by Crippen LogP contribution is -2.41. The van der Waals surface area contributed by atoms with Crippen LogP contribution in [0.25, 0.3) is 0 Å². The minimum absolute atomic E-state index is 0.896. The summed E-state index contributed by atoms with van der Waals surface area (Å²) in [6.45, 7) is 0. The summed E-state index contributed by atoms with van der Waals surface area (Å²) in [7, 11) is 0. The number of hydrogen-bond acceptors (Lipinski definition) is 1. The maximum absolute atomic E-state index is 2.84. The fourth-order valence-electron chi connectivity index (χ4n) is 3.98. The van der Waals surface area contributed by atoms with Crippen LogP contribution < -0.4 is 0 Å². The van der Waals surface area contributed by atoms with E-state index in [-0.39, 0.29) is 0 Å². The summed E-state index contributed by atoms with van der Waals surface area (Å²) in [4.78, 5) is 2.84. The Hall–Kier alpha value is -0.460. The maximum atomic E-state index is 2.84. The van der Waals surface area contributed by atoms with Gasteiger partial charge in [0, 0.05) is 17.8 Å². The van der Waals surface area contributed by atoms with Gasteiger partial charge in [-0.15, -0.1) is 0 Å². The molecular weight excluding hydrogens is 194 g/mol. The molecule has 3 rings (SSSR count). The van der Waals surface area contributed by atoms with Crippen LogP contribution in [0.5, 0.6) is 0 Å². The molecule has 16 heavy (non-hydrogen) atoms. The van der Waals surface area contributed by atoms with Crippen molar-refractivity contribution in [2.24, 2.45) is 0 Å². The molecule has 1 aliphatic carbocycles. The normalized spacial score (nSPS) is 32.1. The van der Waals surface area contributed by atoms with Crippen LogP contribution in [0.3, 0.4) is 0 Å². The number of allylic oxidation sites excluding steroid dienone is 1. The van der Waals surface area contributed by atoms with Crippen molar-refractivity contribution in [2.75, 3.05) is 0 Å². The summed E-state index contributed by atoms with van der Waals surface area (Å²) >= 11 is 0. The first-order chi connectivity index (χ1) is 7.95. The van der Waals surface area contributed by atoms with E-state index in [0.29, 0.717) is 0 Å². The van der Waals surface area contributed by atoms with E-state index >= 15 is 0 Å². The van der Waals surface area contributed by atoms with E-state index in [2.05, 4.69) is 11.0 Å². The second-order valence-corrected chi connectivity index (χ2v) is 5.88. The molecule has 1 atom stereocenters. The predicted octanol–water partition coefficient (Wildman–Crippen LogP) is 4.24. The van der Waals surface area contributed by atoms with Gasteiger partial charge >= 0.3 is 0 Å². The fourth-order valence-corrected chi connectivity index (χ4v) is 3.98. The summed E-state index contributed by atoms with van der Waals surface area (Å²) in [6.07, 6.45) is 18.5. The van der Waals surface area contributed by atoms with Gasteiger partial charge in [-0.25, -0.2) is 0 Å². The lowest BCUT2D eigenvalue weighted by atomic mass is 9.92. The lowest BCUT2D eigenvalue weighted by Gasteiger charge is -2.41.